The number of nitrogens with one attached hydrogen (secondary N) is 1. The predicted molar refractivity (Wildman–Crippen MR) is 127 cm³/mol. The topological polar surface area (TPSA) is 54.7 Å². The zero-order valence-electron chi connectivity index (χ0n) is 18.7. The first-order valence-electron chi connectivity index (χ1n) is 10.6. The molecule has 1 aliphatic heterocycles. The molecule has 1 aromatic heterocycles. The highest BCUT2D eigenvalue weighted by molar-refractivity contribution is 5.99. The zero-order chi connectivity index (χ0) is 21.3. The van der Waals surface area contributed by atoms with Gasteiger partial charge in [-0.15, -0.1) is 12.4 Å². The number of fused-ring (bicyclic) bond motifs is 1. The second-order valence-electron chi connectivity index (χ2n) is 8.23. The van der Waals surface area contributed by atoms with E-state index in [-0.39, 0.29) is 24.4 Å². The van der Waals surface area contributed by atoms with Crippen molar-refractivity contribution in [1.82, 2.24) is 10.2 Å². The minimum absolute atomic E-state index is 0. The van der Waals surface area contributed by atoms with Crippen molar-refractivity contribution < 1.29 is 13.9 Å². The first-order chi connectivity index (χ1) is 14.5. The molecule has 0 saturated carbocycles. The summed E-state index contributed by atoms with van der Waals surface area (Å²) >= 11 is 0. The normalized spacial score (nSPS) is 15.0. The zero-order valence-corrected chi connectivity index (χ0v) is 19.5. The van der Waals surface area contributed by atoms with Crippen LogP contribution in [0, 0.1) is 20.8 Å². The lowest BCUT2D eigenvalue weighted by Gasteiger charge is -2.28. The summed E-state index contributed by atoms with van der Waals surface area (Å²) in [4.78, 5) is 15.5. The maximum absolute atomic E-state index is 13.0. The van der Waals surface area contributed by atoms with Crippen molar-refractivity contribution in [2.45, 2.75) is 39.7 Å². The summed E-state index contributed by atoms with van der Waals surface area (Å²) < 4.78 is 11.2. The number of carbonyl (C=O) groups is 1. The summed E-state index contributed by atoms with van der Waals surface area (Å²) in [7, 11) is 1.67. The second-order valence-corrected chi connectivity index (χ2v) is 8.23. The van der Waals surface area contributed by atoms with Crippen LogP contribution in [0.25, 0.3) is 11.0 Å². The minimum Gasteiger partial charge on any atom is -0.497 e. The number of hydrogen-bond donors (Lipinski definition) is 1. The molecule has 0 spiro atoms. The third-order valence-corrected chi connectivity index (χ3v) is 6.30. The molecule has 5 nitrogen and oxygen atoms in total. The van der Waals surface area contributed by atoms with E-state index in [0.29, 0.717) is 12.3 Å². The molecular formula is C25H31ClN2O3. The van der Waals surface area contributed by atoms with Gasteiger partial charge in [0.25, 0.3) is 5.91 Å². The lowest BCUT2D eigenvalue weighted by molar-refractivity contribution is 0.0911. The summed E-state index contributed by atoms with van der Waals surface area (Å²) in [6, 6.07) is 12.4. The van der Waals surface area contributed by atoms with E-state index in [1.807, 2.05) is 25.1 Å². The number of ether oxygens (including phenoxy) is 1. The van der Waals surface area contributed by atoms with Gasteiger partial charge in [0.2, 0.25) is 0 Å². The molecule has 6 heteroatoms. The number of aryl methyl sites for hydroxylation is 3. The molecule has 0 radical (unpaired) electrons. The molecular weight excluding hydrogens is 412 g/mol. The highest BCUT2D eigenvalue weighted by atomic mass is 35.5. The fraction of sp³-hybridized carbons (Fsp3) is 0.400. The second kappa shape index (κ2) is 9.75. The average Bonchev–Trinajstić information content (AvgIpc) is 3.38. The van der Waals surface area contributed by atoms with Crippen LogP contribution < -0.4 is 10.1 Å². The van der Waals surface area contributed by atoms with E-state index in [2.05, 4.69) is 42.3 Å². The third-order valence-electron chi connectivity index (χ3n) is 6.30. The third kappa shape index (κ3) is 4.73. The van der Waals surface area contributed by atoms with Gasteiger partial charge in [-0.3, -0.25) is 9.69 Å². The van der Waals surface area contributed by atoms with Crippen molar-refractivity contribution in [3.05, 3.63) is 64.4 Å². The number of nitrogens with zero attached hydrogens (tertiary/aromatic N) is 1. The van der Waals surface area contributed by atoms with Gasteiger partial charge in [0.15, 0.2) is 5.76 Å². The Morgan fingerprint density at radius 3 is 2.39 bits per heavy atom. The van der Waals surface area contributed by atoms with E-state index in [1.54, 1.807) is 7.11 Å². The van der Waals surface area contributed by atoms with Crippen LogP contribution in [-0.4, -0.2) is 37.6 Å². The molecule has 1 fully saturated rings. The molecule has 3 aromatic rings. The monoisotopic (exact) mass is 442 g/mol. The largest absolute Gasteiger partial charge is 0.497 e. The smallest absolute Gasteiger partial charge is 0.287 e. The molecule has 2 heterocycles. The van der Waals surface area contributed by atoms with E-state index >= 15 is 0 Å². The van der Waals surface area contributed by atoms with Crippen LogP contribution in [0.5, 0.6) is 5.75 Å². The Balaban J connectivity index is 0.00000272. The SMILES string of the molecule is COc1ccc(C(CNC(=O)c2oc3cc(C)c(C)cc3c2C)N2CCCC2)cc1.Cl. The predicted octanol–water partition coefficient (Wildman–Crippen LogP) is 5.36. The van der Waals surface area contributed by atoms with E-state index in [1.165, 1.54) is 24.0 Å². The molecule has 1 N–H and O–H groups in total. The molecule has 1 unspecified atom stereocenters. The van der Waals surface area contributed by atoms with Gasteiger partial charge in [-0.1, -0.05) is 12.1 Å². The number of halogens is 1. The number of methoxy groups -OCH3 is 1. The van der Waals surface area contributed by atoms with Gasteiger partial charge in [-0.25, -0.2) is 0 Å². The first-order valence-corrected chi connectivity index (χ1v) is 10.6. The molecule has 1 amide bonds. The van der Waals surface area contributed by atoms with Gasteiger partial charge in [-0.2, -0.15) is 0 Å². The number of hydrogen-bond acceptors (Lipinski definition) is 4. The Kier molecular flexibility index (Phi) is 7.29. The molecule has 0 bridgehead atoms. The van der Waals surface area contributed by atoms with Crippen molar-refractivity contribution >= 4 is 29.3 Å². The van der Waals surface area contributed by atoms with Crippen LogP contribution in [0.3, 0.4) is 0 Å². The van der Waals surface area contributed by atoms with Crippen molar-refractivity contribution in [2.75, 3.05) is 26.7 Å². The maximum atomic E-state index is 13.0. The number of likely N-dealkylation sites (tertiary alicyclic amines) is 1. The lowest BCUT2D eigenvalue weighted by Crippen LogP contribution is -2.36. The Bertz CT molecular complexity index is 1050. The van der Waals surface area contributed by atoms with Gasteiger partial charge in [0, 0.05) is 17.5 Å². The molecule has 1 atom stereocenters. The molecule has 166 valence electrons. The van der Waals surface area contributed by atoms with Crippen LogP contribution in [-0.2, 0) is 0 Å². The summed E-state index contributed by atoms with van der Waals surface area (Å²) in [6.07, 6.45) is 2.39. The van der Waals surface area contributed by atoms with Crippen LogP contribution in [0.1, 0.15) is 51.7 Å². The number of furan rings is 1. The molecule has 1 saturated heterocycles. The number of carbonyl (C=O) groups excluding carboxylic acids is 1. The molecule has 2 aromatic carbocycles. The van der Waals surface area contributed by atoms with Gasteiger partial charge in [-0.05, 0) is 87.7 Å². The summed E-state index contributed by atoms with van der Waals surface area (Å²) in [5.74, 6) is 1.09. The van der Waals surface area contributed by atoms with Crippen LogP contribution in [0.4, 0.5) is 0 Å². The molecule has 0 aliphatic carbocycles. The number of benzene rings is 2. The summed E-state index contributed by atoms with van der Waals surface area (Å²) in [5, 5.41) is 4.14. The molecule has 31 heavy (non-hydrogen) atoms. The van der Waals surface area contributed by atoms with Crippen LogP contribution in [0.15, 0.2) is 40.8 Å². The number of amides is 1. The number of rotatable bonds is 6. The van der Waals surface area contributed by atoms with E-state index in [4.69, 9.17) is 9.15 Å². The van der Waals surface area contributed by atoms with Gasteiger partial charge in [0.05, 0.1) is 13.2 Å². The van der Waals surface area contributed by atoms with Gasteiger partial charge in [0.1, 0.15) is 11.3 Å². The van der Waals surface area contributed by atoms with E-state index < -0.39 is 0 Å². The quantitative estimate of drug-likeness (QED) is 0.558. The Labute approximate surface area is 190 Å². The maximum Gasteiger partial charge on any atom is 0.287 e. The molecule has 1 aliphatic rings. The fourth-order valence-corrected chi connectivity index (χ4v) is 4.30. The summed E-state index contributed by atoms with van der Waals surface area (Å²) in [6.45, 7) is 8.73. The lowest BCUT2D eigenvalue weighted by atomic mass is 10.0. The van der Waals surface area contributed by atoms with Crippen LogP contribution >= 0.6 is 12.4 Å². The van der Waals surface area contributed by atoms with Crippen molar-refractivity contribution in [2.24, 2.45) is 0 Å². The average molecular weight is 443 g/mol. The van der Waals surface area contributed by atoms with E-state index in [0.717, 1.165) is 40.9 Å². The minimum atomic E-state index is -0.156. The Morgan fingerprint density at radius 1 is 1.10 bits per heavy atom. The fourth-order valence-electron chi connectivity index (χ4n) is 4.30. The Morgan fingerprint density at radius 2 is 1.74 bits per heavy atom. The van der Waals surface area contributed by atoms with E-state index in [9.17, 15) is 4.79 Å². The summed E-state index contributed by atoms with van der Waals surface area (Å²) in [5.41, 5.74) is 5.22. The standard InChI is InChI=1S/C25H30N2O3.ClH/c1-16-13-21-18(3)24(30-23(21)14-17(16)2)25(28)26-15-22(27-11-5-6-12-27)19-7-9-20(29-4)10-8-19;/h7-10,13-14,22H,5-6,11-12,15H2,1-4H3,(H,26,28);1H. The van der Waals surface area contributed by atoms with Crippen LogP contribution in [0.2, 0.25) is 0 Å². The molecule has 4 rings (SSSR count). The first kappa shape index (κ1) is 23.2. The highest BCUT2D eigenvalue weighted by Gasteiger charge is 2.25. The highest BCUT2D eigenvalue weighted by Crippen LogP contribution is 2.29. The van der Waals surface area contributed by atoms with Gasteiger partial charge >= 0.3 is 0 Å². The Hall–Kier alpha value is -2.50. The van der Waals surface area contributed by atoms with Crippen molar-refractivity contribution in [1.29, 1.82) is 0 Å². The van der Waals surface area contributed by atoms with Gasteiger partial charge < -0.3 is 14.5 Å². The van der Waals surface area contributed by atoms with Crippen molar-refractivity contribution in [3.8, 4) is 5.75 Å². The van der Waals surface area contributed by atoms with Crippen molar-refractivity contribution in [3.63, 3.8) is 0 Å².